The van der Waals surface area contributed by atoms with E-state index in [-0.39, 0.29) is 18.1 Å². The second kappa shape index (κ2) is 4.98. The van der Waals surface area contributed by atoms with Crippen molar-refractivity contribution in [3.8, 4) is 0 Å². The van der Waals surface area contributed by atoms with Crippen molar-refractivity contribution in [1.29, 1.82) is 0 Å². The van der Waals surface area contributed by atoms with E-state index in [1.165, 1.54) is 0 Å². The molecular weight excluding hydrogens is 226 g/mol. The van der Waals surface area contributed by atoms with Gasteiger partial charge in [-0.1, -0.05) is 26.8 Å². The van der Waals surface area contributed by atoms with E-state index in [1.807, 2.05) is 28.8 Å². The fourth-order valence-electron chi connectivity index (χ4n) is 2.09. The Kier molecular flexibility index (Phi) is 3.57. The smallest absolute Gasteiger partial charge is 0.138 e. The molecule has 0 amide bonds. The van der Waals surface area contributed by atoms with E-state index < -0.39 is 0 Å². The molecule has 2 aromatic rings. The van der Waals surface area contributed by atoms with Gasteiger partial charge >= 0.3 is 0 Å². The summed E-state index contributed by atoms with van der Waals surface area (Å²) in [6.45, 7) is 6.71. The largest absolute Gasteiger partial charge is 0.396 e. The first-order valence-corrected chi connectivity index (χ1v) is 6.32. The van der Waals surface area contributed by atoms with Crippen LogP contribution in [0, 0.1) is 5.41 Å². The van der Waals surface area contributed by atoms with Crippen molar-refractivity contribution >= 4 is 11.5 Å². The highest BCUT2D eigenvalue weighted by Crippen LogP contribution is 2.25. The number of fused-ring (bicyclic) bond motifs is 1. The fourth-order valence-corrected chi connectivity index (χ4v) is 2.09. The Morgan fingerprint density at radius 2 is 2.17 bits per heavy atom. The second-order valence-electron chi connectivity index (χ2n) is 5.64. The summed E-state index contributed by atoms with van der Waals surface area (Å²) in [5.74, 6) is 1.01. The zero-order chi connectivity index (χ0) is 13.2. The number of aliphatic hydroxyl groups excluding tert-OH is 1. The van der Waals surface area contributed by atoms with E-state index in [2.05, 4.69) is 31.1 Å². The van der Waals surface area contributed by atoms with Crippen LogP contribution in [-0.4, -0.2) is 27.1 Å². The molecule has 2 N–H and O–H groups in total. The van der Waals surface area contributed by atoms with Gasteiger partial charge < -0.3 is 10.4 Å². The Labute approximate surface area is 108 Å². The van der Waals surface area contributed by atoms with Gasteiger partial charge in [0, 0.05) is 25.0 Å². The molecule has 2 heterocycles. The Morgan fingerprint density at radius 3 is 2.83 bits per heavy atom. The van der Waals surface area contributed by atoms with Crippen LogP contribution in [0.4, 0.5) is 5.82 Å². The quantitative estimate of drug-likeness (QED) is 0.873. The van der Waals surface area contributed by atoms with Gasteiger partial charge in [-0.15, -0.1) is 0 Å². The summed E-state index contributed by atoms with van der Waals surface area (Å²) in [7, 11) is 0. The first-order chi connectivity index (χ1) is 8.52. The summed E-state index contributed by atoms with van der Waals surface area (Å²) >= 11 is 0. The molecule has 4 nitrogen and oxygen atoms in total. The SMILES string of the molecule is CC(C)(C)C(CCO)Nc1cccc2nccn12. The molecule has 1 atom stereocenters. The van der Waals surface area contributed by atoms with Crippen LogP contribution in [0.25, 0.3) is 5.65 Å². The molecule has 0 spiro atoms. The molecule has 2 aromatic heterocycles. The van der Waals surface area contributed by atoms with Crippen LogP contribution in [0.2, 0.25) is 0 Å². The number of aliphatic hydroxyl groups is 1. The number of pyridine rings is 1. The number of aromatic nitrogens is 2. The number of imidazole rings is 1. The fraction of sp³-hybridized carbons (Fsp3) is 0.500. The van der Waals surface area contributed by atoms with Crippen molar-refractivity contribution in [2.75, 3.05) is 11.9 Å². The van der Waals surface area contributed by atoms with E-state index in [0.717, 1.165) is 17.9 Å². The van der Waals surface area contributed by atoms with Crippen LogP contribution in [0.5, 0.6) is 0 Å². The lowest BCUT2D eigenvalue weighted by molar-refractivity contribution is 0.235. The summed E-state index contributed by atoms with van der Waals surface area (Å²) in [5, 5.41) is 12.7. The average Bonchev–Trinajstić information content (AvgIpc) is 2.76. The van der Waals surface area contributed by atoms with Crippen molar-refractivity contribution in [3.05, 3.63) is 30.6 Å². The van der Waals surface area contributed by atoms with Gasteiger partial charge in [-0.3, -0.25) is 4.40 Å². The standard InChI is InChI=1S/C14H21N3O/c1-14(2,3)11(7-10-18)16-13-6-4-5-12-15-8-9-17(12)13/h4-6,8-9,11,16,18H,7,10H2,1-3H3. The Morgan fingerprint density at radius 1 is 1.39 bits per heavy atom. The lowest BCUT2D eigenvalue weighted by Crippen LogP contribution is -2.35. The summed E-state index contributed by atoms with van der Waals surface area (Å²) in [4.78, 5) is 4.27. The monoisotopic (exact) mass is 247 g/mol. The molecule has 0 aliphatic heterocycles. The third kappa shape index (κ3) is 2.64. The summed E-state index contributed by atoms with van der Waals surface area (Å²) in [5.41, 5.74) is 1.02. The highest BCUT2D eigenvalue weighted by molar-refractivity contribution is 5.50. The number of nitrogens with zero attached hydrogens (tertiary/aromatic N) is 2. The molecule has 4 heteroatoms. The third-order valence-corrected chi connectivity index (χ3v) is 3.21. The van der Waals surface area contributed by atoms with Crippen LogP contribution >= 0.6 is 0 Å². The normalized spacial score (nSPS) is 13.8. The van der Waals surface area contributed by atoms with Crippen LogP contribution in [-0.2, 0) is 0 Å². The Bertz CT molecular complexity index is 513. The molecule has 2 rings (SSSR count). The maximum atomic E-state index is 9.19. The number of rotatable bonds is 4. The van der Waals surface area contributed by atoms with Crippen LogP contribution < -0.4 is 5.32 Å². The molecule has 0 aliphatic carbocycles. The predicted octanol–water partition coefficient (Wildman–Crippen LogP) is 2.54. The van der Waals surface area contributed by atoms with Gasteiger partial charge in [0.15, 0.2) is 0 Å². The molecule has 0 saturated carbocycles. The molecule has 0 saturated heterocycles. The molecule has 98 valence electrons. The van der Waals surface area contributed by atoms with Crippen LogP contribution in [0.3, 0.4) is 0 Å². The van der Waals surface area contributed by atoms with E-state index in [0.29, 0.717) is 0 Å². The van der Waals surface area contributed by atoms with Gasteiger partial charge in [-0.25, -0.2) is 4.98 Å². The first-order valence-electron chi connectivity index (χ1n) is 6.32. The minimum Gasteiger partial charge on any atom is -0.396 e. The summed E-state index contributed by atoms with van der Waals surface area (Å²) in [6.07, 6.45) is 4.46. The molecule has 1 unspecified atom stereocenters. The van der Waals surface area contributed by atoms with Crippen molar-refractivity contribution in [2.45, 2.75) is 33.2 Å². The molecule has 0 bridgehead atoms. The number of anilines is 1. The Balaban J connectivity index is 2.28. The molecule has 18 heavy (non-hydrogen) atoms. The van der Waals surface area contributed by atoms with Gasteiger partial charge in [-0.05, 0) is 24.0 Å². The minimum atomic E-state index is 0.0888. The molecular formula is C14H21N3O. The minimum absolute atomic E-state index is 0.0888. The topological polar surface area (TPSA) is 49.6 Å². The lowest BCUT2D eigenvalue weighted by atomic mass is 9.85. The number of hydrogen-bond donors (Lipinski definition) is 2. The molecule has 0 aliphatic rings. The molecule has 0 fully saturated rings. The Hall–Kier alpha value is -1.55. The highest BCUT2D eigenvalue weighted by Gasteiger charge is 2.24. The van der Waals surface area contributed by atoms with Crippen LogP contribution in [0.1, 0.15) is 27.2 Å². The lowest BCUT2D eigenvalue weighted by Gasteiger charge is -2.32. The van der Waals surface area contributed by atoms with Gasteiger partial charge in [0.25, 0.3) is 0 Å². The second-order valence-corrected chi connectivity index (χ2v) is 5.64. The third-order valence-electron chi connectivity index (χ3n) is 3.21. The van der Waals surface area contributed by atoms with Gasteiger partial charge in [0.1, 0.15) is 11.5 Å². The summed E-state index contributed by atoms with van der Waals surface area (Å²) < 4.78 is 2.02. The maximum Gasteiger partial charge on any atom is 0.138 e. The number of hydrogen-bond acceptors (Lipinski definition) is 3. The van der Waals surface area contributed by atoms with E-state index in [1.54, 1.807) is 6.20 Å². The van der Waals surface area contributed by atoms with Crippen LogP contribution in [0.15, 0.2) is 30.6 Å². The van der Waals surface area contributed by atoms with Gasteiger partial charge in [0.05, 0.1) is 0 Å². The highest BCUT2D eigenvalue weighted by atomic mass is 16.3. The van der Waals surface area contributed by atoms with Gasteiger partial charge in [-0.2, -0.15) is 0 Å². The average molecular weight is 247 g/mol. The van der Waals surface area contributed by atoms with Crippen molar-refractivity contribution in [3.63, 3.8) is 0 Å². The predicted molar refractivity (Wildman–Crippen MR) is 73.8 cm³/mol. The molecule has 0 radical (unpaired) electrons. The van der Waals surface area contributed by atoms with Crippen molar-refractivity contribution < 1.29 is 5.11 Å². The molecule has 0 aromatic carbocycles. The maximum absolute atomic E-state index is 9.19. The van der Waals surface area contributed by atoms with E-state index >= 15 is 0 Å². The number of nitrogens with one attached hydrogen (secondary N) is 1. The van der Waals surface area contributed by atoms with Gasteiger partial charge in [0.2, 0.25) is 0 Å². The van der Waals surface area contributed by atoms with E-state index in [9.17, 15) is 5.11 Å². The zero-order valence-electron chi connectivity index (χ0n) is 11.2. The van der Waals surface area contributed by atoms with E-state index in [4.69, 9.17) is 0 Å². The first kappa shape index (κ1) is 12.9. The zero-order valence-corrected chi connectivity index (χ0v) is 11.2. The summed E-state index contributed by atoms with van der Waals surface area (Å²) in [6, 6.07) is 6.22. The van der Waals surface area contributed by atoms with Crippen molar-refractivity contribution in [1.82, 2.24) is 9.38 Å². The van der Waals surface area contributed by atoms with Crippen molar-refractivity contribution in [2.24, 2.45) is 5.41 Å².